The zero-order valence-electron chi connectivity index (χ0n) is 36.8. The summed E-state index contributed by atoms with van der Waals surface area (Å²) in [6.07, 6.45) is -22.6. The number of halogens is 34. The third kappa shape index (κ3) is 12.3. The van der Waals surface area contributed by atoms with Gasteiger partial charge in [-0.1, -0.05) is 23.5 Å². The molecule has 0 aliphatic carbocycles. The fraction of sp³-hybridized carbons (Fsp3) is 0.906. The average Bonchev–Trinajstić information content (AvgIpc) is 3.23. The smallest absolute Gasteiger partial charge is 0.374 e. The van der Waals surface area contributed by atoms with Crippen LogP contribution < -0.4 is 5.32 Å². The third-order valence-electron chi connectivity index (χ3n) is 9.50. The van der Waals surface area contributed by atoms with Crippen molar-refractivity contribution >= 4 is 38.3 Å². The van der Waals surface area contributed by atoms with Gasteiger partial charge in [-0.15, -0.1) is 0 Å². The molecule has 0 saturated heterocycles. The molecule has 44 heteroatoms. The van der Waals surface area contributed by atoms with E-state index < -0.39 is 175 Å². The normalized spacial score (nSPS) is 15.7. The van der Waals surface area contributed by atoms with Crippen LogP contribution in [0.4, 0.5) is 155 Å². The van der Waals surface area contributed by atoms with Gasteiger partial charge in [0.15, 0.2) is 10.3 Å². The Morgan fingerprint density at radius 1 is 0.368 bits per heavy atom. The van der Waals surface area contributed by atoms with Crippen LogP contribution in [0.1, 0.15) is 40.0 Å². The molecule has 1 aromatic rings. The maximum Gasteiger partial charge on any atom is 0.500 e. The highest BCUT2D eigenvalue weighted by molar-refractivity contribution is 7.99. The Bertz CT molecular complexity index is 1940. The lowest BCUT2D eigenvalue weighted by molar-refractivity contribution is -0.461. The van der Waals surface area contributed by atoms with E-state index in [1.807, 2.05) is 0 Å². The van der Waals surface area contributed by atoms with Gasteiger partial charge in [-0.05, 0) is 27.2 Å². The van der Waals surface area contributed by atoms with Crippen LogP contribution in [-0.2, 0) is 13.3 Å². The fourth-order valence-electron chi connectivity index (χ4n) is 5.30. The lowest BCUT2D eigenvalue weighted by atomic mass is 9.88. The number of hydrogen-bond acceptors (Lipinski definition) is 9. The Kier molecular flexibility index (Phi) is 21.2. The molecule has 0 aromatic carbocycles. The van der Waals surface area contributed by atoms with Crippen molar-refractivity contribution in [3.8, 4) is 0 Å². The number of anilines is 1. The van der Waals surface area contributed by atoms with Crippen molar-refractivity contribution in [3.05, 3.63) is 0 Å². The monoisotopic (exact) mass is 1260 g/mol. The van der Waals surface area contributed by atoms with Crippen LogP contribution in [0.25, 0.3) is 0 Å². The number of nitrogens with zero attached hydrogens (tertiary/aromatic N) is 3. The van der Waals surface area contributed by atoms with Crippen molar-refractivity contribution in [2.24, 2.45) is 0 Å². The molecule has 1 rings (SSSR count). The summed E-state index contributed by atoms with van der Waals surface area (Å²) in [5.74, 6) is -123. The lowest BCUT2D eigenvalue weighted by Crippen LogP contribution is -2.74. The Morgan fingerprint density at radius 2 is 0.618 bits per heavy atom. The molecule has 0 amide bonds. The third-order valence-corrected chi connectivity index (χ3v) is 14.3. The Hall–Kier alpha value is -2.77. The van der Waals surface area contributed by atoms with E-state index in [2.05, 4.69) is 20.3 Å². The summed E-state index contributed by atoms with van der Waals surface area (Å²) in [6.45, 7) is 3.75. The summed E-state index contributed by atoms with van der Waals surface area (Å²) in [5, 5.41) is -0.572. The Labute approximate surface area is 410 Å². The number of aromatic nitrogens is 3. The molecule has 0 atom stereocenters. The van der Waals surface area contributed by atoms with Crippen LogP contribution >= 0.6 is 23.5 Å². The number of hydrogen-bond donors (Lipinski definition) is 1. The van der Waals surface area contributed by atoms with Crippen LogP contribution in [0.15, 0.2) is 10.3 Å². The van der Waals surface area contributed by atoms with E-state index in [1.165, 1.54) is 20.8 Å². The Balaban J connectivity index is 3.72. The van der Waals surface area contributed by atoms with Gasteiger partial charge >= 0.3 is 104 Å². The van der Waals surface area contributed by atoms with E-state index in [0.29, 0.717) is 0 Å². The van der Waals surface area contributed by atoms with Crippen LogP contribution in [0.3, 0.4) is 0 Å². The minimum Gasteiger partial charge on any atom is -0.374 e. The molecule has 0 fully saturated rings. The Morgan fingerprint density at radius 3 is 0.868 bits per heavy atom. The van der Waals surface area contributed by atoms with Gasteiger partial charge in [0.05, 0.1) is 0 Å². The molecule has 450 valence electrons. The minimum absolute atomic E-state index is 0.0447. The zero-order chi connectivity index (χ0) is 60.7. The lowest BCUT2D eigenvalue weighted by Gasteiger charge is -2.42. The summed E-state index contributed by atoms with van der Waals surface area (Å²) < 4.78 is 482. The summed E-state index contributed by atoms with van der Waals surface area (Å²) in [7, 11) is -3.56. The first-order valence-electron chi connectivity index (χ1n) is 19.5. The van der Waals surface area contributed by atoms with E-state index in [9.17, 15) is 149 Å². The van der Waals surface area contributed by atoms with Gasteiger partial charge in [0.25, 0.3) is 0 Å². The molecule has 76 heavy (non-hydrogen) atoms. The minimum atomic E-state index is -8.98. The molecule has 0 bridgehead atoms. The molecule has 1 N–H and O–H groups in total. The number of nitrogens with one attached hydrogen (secondary N) is 1. The molecular formula is C32H30F34N4O3S2Si. The highest BCUT2D eigenvalue weighted by Gasteiger charge is 2.97. The average molecular weight is 1260 g/mol. The quantitative estimate of drug-likeness (QED) is 0.0338. The number of alkyl halides is 34. The maximum atomic E-state index is 14.6. The second kappa shape index (κ2) is 22.6. The van der Waals surface area contributed by atoms with Gasteiger partial charge in [0.2, 0.25) is 5.95 Å². The summed E-state index contributed by atoms with van der Waals surface area (Å²) in [6, 6.07) is -0.160. The maximum absolute atomic E-state index is 14.6. The van der Waals surface area contributed by atoms with Gasteiger partial charge in [0.1, 0.15) is 0 Å². The summed E-state index contributed by atoms with van der Waals surface area (Å²) in [5.41, 5.74) is 0. The molecular weight excluding hydrogens is 1230 g/mol. The van der Waals surface area contributed by atoms with Gasteiger partial charge < -0.3 is 18.6 Å². The number of rotatable bonds is 31. The van der Waals surface area contributed by atoms with Gasteiger partial charge in [-0.25, -0.2) is 0 Å². The molecule has 0 spiro atoms. The van der Waals surface area contributed by atoms with Gasteiger partial charge in [0, 0.05) is 56.8 Å². The first-order valence-corrected chi connectivity index (χ1v) is 23.4. The predicted octanol–water partition coefficient (Wildman–Crippen LogP) is 14.7. The van der Waals surface area contributed by atoms with E-state index in [-0.39, 0.29) is 32.3 Å². The van der Waals surface area contributed by atoms with Crippen molar-refractivity contribution in [3.63, 3.8) is 0 Å². The number of thioether (sulfide) groups is 2. The summed E-state index contributed by atoms with van der Waals surface area (Å²) >= 11 is -1.34. The summed E-state index contributed by atoms with van der Waals surface area (Å²) in [4.78, 5) is 9.86. The van der Waals surface area contributed by atoms with E-state index in [0.717, 1.165) is 0 Å². The molecule has 0 saturated carbocycles. The van der Waals surface area contributed by atoms with Crippen molar-refractivity contribution in [2.75, 3.05) is 43.2 Å². The molecule has 0 unspecified atom stereocenters. The van der Waals surface area contributed by atoms with Crippen molar-refractivity contribution in [1.29, 1.82) is 0 Å². The van der Waals surface area contributed by atoms with Crippen LogP contribution in [-0.4, -0.2) is 157 Å². The first kappa shape index (κ1) is 71.2. The molecule has 1 heterocycles. The van der Waals surface area contributed by atoms with Crippen molar-refractivity contribution in [2.45, 2.75) is 152 Å². The first-order chi connectivity index (χ1) is 33.4. The largest absolute Gasteiger partial charge is 0.500 e. The molecule has 0 aliphatic rings. The SMILES string of the molecule is CCO[Si](CCCNc1nc(SCCC(F)(F)C(F)(F)C(F)(F)C(F)(F)C(F)(F)C(F)(F)C(F)(F)C(F)(F)F)nc(SCCC(F)(F)C(F)(F)C(F)(F)C(F)(F)C(F)(F)C(F)(F)C(F)(F)C(F)(F)F)n1)(OCC)OCC. The molecule has 0 aliphatic heterocycles. The van der Waals surface area contributed by atoms with Crippen molar-refractivity contribution in [1.82, 2.24) is 15.0 Å². The van der Waals surface area contributed by atoms with E-state index >= 15 is 0 Å². The fourth-order valence-corrected chi connectivity index (χ4v) is 9.66. The van der Waals surface area contributed by atoms with Crippen molar-refractivity contribution < 1.29 is 163 Å². The second-order valence-electron chi connectivity index (χ2n) is 14.7. The highest BCUT2D eigenvalue weighted by atomic mass is 32.2. The second-order valence-corrected chi connectivity index (χ2v) is 19.6. The van der Waals surface area contributed by atoms with E-state index in [1.54, 1.807) is 0 Å². The molecule has 7 nitrogen and oxygen atoms in total. The predicted molar refractivity (Wildman–Crippen MR) is 190 cm³/mol. The van der Waals surface area contributed by atoms with E-state index in [4.69, 9.17) is 13.3 Å². The van der Waals surface area contributed by atoms with Crippen LogP contribution in [0, 0.1) is 0 Å². The molecule has 0 radical (unpaired) electrons. The van der Waals surface area contributed by atoms with Crippen LogP contribution in [0.5, 0.6) is 0 Å². The highest BCUT2D eigenvalue weighted by Crippen LogP contribution is 2.66. The zero-order valence-corrected chi connectivity index (χ0v) is 39.4. The standard InChI is InChI=1S/C32H30F34N4O3S2Si/c1-4-71-76(72-5-2,73-6-3)13-7-10-67-14-68-15(74-11-8-17(33,34)19(37,38)21(41,42)23(45,46)25(49,50)27(53,54)29(57,58)31(61,62)63)70-16(69-14)75-12-9-18(35,36)20(39,40)22(43,44)24(47,48)26(51,52)28(55,56)30(59,60)32(64,65)66/h4-13H2,1-3H3,(H,67,68,69,70). The topological polar surface area (TPSA) is 78.4 Å². The van der Waals surface area contributed by atoms with Gasteiger partial charge in [-0.3, -0.25) is 0 Å². The van der Waals surface area contributed by atoms with Crippen LogP contribution in [0.2, 0.25) is 6.04 Å². The molecule has 1 aromatic heterocycles. The van der Waals surface area contributed by atoms with Gasteiger partial charge in [-0.2, -0.15) is 164 Å².